The molecule has 1 rings (SSSR count). The number of thioether (sulfide) groups is 1. The molecule has 84 valence electrons. The van der Waals surface area contributed by atoms with Gasteiger partial charge in [0.1, 0.15) is 5.75 Å². The second-order valence-electron chi connectivity index (χ2n) is 2.28. The van der Waals surface area contributed by atoms with Crippen LogP contribution in [0.3, 0.4) is 0 Å². The maximum absolute atomic E-state index is 11.9. The van der Waals surface area contributed by atoms with Crippen LogP contribution in [0.1, 0.15) is 0 Å². The molecular weight excluding hydrogens is 241 g/mol. The summed E-state index contributed by atoms with van der Waals surface area (Å²) in [5, 5.41) is 0. The van der Waals surface area contributed by atoms with E-state index in [0.717, 1.165) is 18.5 Å². The number of nitrogens with zero attached hydrogens (tertiary/aromatic N) is 1. The zero-order valence-corrected chi connectivity index (χ0v) is 7.78. The third-order valence-corrected chi connectivity index (χ3v) is 1.84. The van der Waals surface area contributed by atoms with Gasteiger partial charge in [-0.2, -0.15) is 22.0 Å². The molecule has 0 N–H and O–H groups in total. The second-order valence-corrected chi connectivity index (χ2v) is 3.42. The lowest BCUT2D eigenvalue weighted by molar-refractivity contribution is -0.0502. The Balaban J connectivity index is 2.74. The van der Waals surface area contributed by atoms with Crippen molar-refractivity contribution in [2.24, 2.45) is 0 Å². The molecule has 15 heavy (non-hydrogen) atoms. The van der Waals surface area contributed by atoms with E-state index in [4.69, 9.17) is 0 Å². The molecule has 0 aliphatic carbocycles. The topological polar surface area (TPSA) is 22.1 Å². The van der Waals surface area contributed by atoms with Gasteiger partial charge in [0, 0.05) is 11.1 Å². The summed E-state index contributed by atoms with van der Waals surface area (Å²) in [6.07, 6.45) is 1.82. The van der Waals surface area contributed by atoms with E-state index in [1.54, 1.807) is 0 Å². The maximum atomic E-state index is 11.9. The molecule has 0 aliphatic heterocycles. The molecule has 8 heteroatoms. The highest BCUT2D eigenvalue weighted by Gasteiger charge is 2.29. The van der Waals surface area contributed by atoms with Crippen molar-refractivity contribution in [1.82, 2.24) is 4.98 Å². The summed E-state index contributed by atoms with van der Waals surface area (Å²) >= 11 is -0.445. The minimum Gasteiger partial charge on any atom is -0.433 e. The van der Waals surface area contributed by atoms with Crippen LogP contribution in [-0.4, -0.2) is 17.1 Å². The van der Waals surface area contributed by atoms with Crippen LogP contribution in [0.5, 0.6) is 5.75 Å². The predicted octanol–water partition coefficient (Wildman–Crippen LogP) is 3.29. The van der Waals surface area contributed by atoms with Crippen molar-refractivity contribution in [2.75, 3.05) is 0 Å². The lowest BCUT2D eigenvalue weighted by atomic mass is 10.5. The van der Waals surface area contributed by atoms with E-state index >= 15 is 0 Å². The fraction of sp³-hybridized carbons (Fsp3) is 0.286. The molecule has 0 saturated heterocycles. The van der Waals surface area contributed by atoms with Crippen molar-refractivity contribution in [1.29, 1.82) is 0 Å². The van der Waals surface area contributed by atoms with Gasteiger partial charge in [-0.15, -0.1) is 0 Å². The van der Waals surface area contributed by atoms with Crippen molar-refractivity contribution < 1.29 is 26.7 Å². The Morgan fingerprint density at radius 3 is 2.47 bits per heavy atom. The van der Waals surface area contributed by atoms with Crippen molar-refractivity contribution in [2.45, 2.75) is 17.0 Å². The minimum atomic E-state index is -4.48. The maximum Gasteiger partial charge on any atom is 0.446 e. The molecule has 0 spiro atoms. The monoisotopic (exact) mass is 245 g/mol. The molecule has 0 amide bonds. The summed E-state index contributed by atoms with van der Waals surface area (Å²) in [6, 6.07) is 0.845. The highest BCUT2D eigenvalue weighted by molar-refractivity contribution is 8.00. The van der Waals surface area contributed by atoms with Crippen molar-refractivity contribution in [3.8, 4) is 5.75 Å². The average molecular weight is 245 g/mol. The standard InChI is InChI=1S/C7H4F5NOS/c8-6(9)14-4-1-5(3-13-2-4)15-7(10,11)12/h1-3,6H. The molecule has 0 bridgehead atoms. The molecule has 1 heterocycles. The molecule has 1 aromatic rings. The molecule has 0 aromatic carbocycles. The Kier molecular flexibility index (Phi) is 3.72. The van der Waals surface area contributed by atoms with Crippen LogP contribution in [0, 0.1) is 0 Å². The predicted molar refractivity (Wildman–Crippen MR) is 42.8 cm³/mol. The van der Waals surface area contributed by atoms with Gasteiger partial charge in [0.05, 0.1) is 6.20 Å². The van der Waals surface area contributed by atoms with Crippen LogP contribution in [0.25, 0.3) is 0 Å². The minimum absolute atomic E-state index is 0.305. The number of alkyl halides is 5. The van der Waals surface area contributed by atoms with E-state index < -0.39 is 29.6 Å². The number of aromatic nitrogens is 1. The summed E-state index contributed by atoms with van der Waals surface area (Å²) in [4.78, 5) is 3.04. The Morgan fingerprint density at radius 1 is 1.27 bits per heavy atom. The molecule has 0 atom stereocenters. The summed E-state index contributed by atoms with van der Waals surface area (Å²) in [6.45, 7) is -3.09. The van der Waals surface area contributed by atoms with Crippen LogP contribution in [0.2, 0.25) is 0 Å². The van der Waals surface area contributed by atoms with Gasteiger partial charge in [-0.3, -0.25) is 4.98 Å². The second kappa shape index (κ2) is 4.65. The summed E-state index contributed by atoms with van der Waals surface area (Å²) in [7, 11) is 0. The van der Waals surface area contributed by atoms with Gasteiger partial charge in [0.25, 0.3) is 0 Å². The van der Waals surface area contributed by atoms with Crippen LogP contribution >= 0.6 is 11.8 Å². The highest BCUT2D eigenvalue weighted by atomic mass is 32.2. The largest absolute Gasteiger partial charge is 0.446 e. The van der Waals surface area contributed by atoms with Gasteiger partial charge in [0.2, 0.25) is 0 Å². The Hall–Kier alpha value is -1.05. The molecule has 2 nitrogen and oxygen atoms in total. The number of rotatable bonds is 3. The molecule has 0 radical (unpaired) electrons. The number of hydrogen-bond acceptors (Lipinski definition) is 3. The van der Waals surface area contributed by atoms with Gasteiger partial charge in [-0.25, -0.2) is 0 Å². The molecule has 0 saturated carbocycles. The van der Waals surface area contributed by atoms with Crippen LogP contribution in [-0.2, 0) is 0 Å². The van der Waals surface area contributed by atoms with Gasteiger partial charge in [0.15, 0.2) is 0 Å². The smallest absolute Gasteiger partial charge is 0.433 e. The van der Waals surface area contributed by atoms with Crippen molar-refractivity contribution in [3.05, 3.63) is 18.5 Å². The van der Waals surface area contributed by atoms with E-state index in [9.17, 15) is 22.0 Å². The Morgan fingerprint density at radius 2 is 1.93 bits per heavy atom. The summed E-state index contributed by atoms with van der Waals surface area (Å²) in [5.74, 6) is -0.403. The lowest BCUT2D eigenvalue weighted by Gasteiger charge is -2.07. The lowest BCUT2D eigenvalue weighted by Crippen LogP contribution is -2.03. The Bertz CT molecular complexity index is 329. The Labute approximate surface area is 85.4 Å². The molecular formula is C7H4F5NOS. The fourth-order valence-corrected chi connectivity index (χ4v) is 1.31. The number of ether oxygens (including phenoxy) is 1. The molecule has 1 aromatic heterocycles. The van der Waals surface area contributed by atoms with E-state index in [1.165, 1.54) is 0 Å². The van der Waals surface area contributed by atoms with Crippen molar-refractivity contribution >= 4 is 11.8 Å². The van der Waals surface area contributed by atoms with Gasteiger partial charge < -0.3 is 4.74 Å². The van der Waals surface area contributed by atoms with Crippen LogP contribution in [0.4, 0.5) is 22.0 Å². The number of pyridine rings is 1. The average Bonchev–Trinajstić information content (AvgIpc) is 1.99. The first-order chi connectivity index (χ1) is 6.87. The van der Waals surface area contributed by atoms with Gasteiger partial charge in [-0.05, 0) is 17.8 Å². The first kappa shape index (κ1) is 12.0. The number of halogens is 5. The molecule has 0 aliphatic rings. The van der Waals surface area contributed by atoms with Crippen molar-refractivity contribution in [3.63, 3.8) is 0 Å². The third kappa shape index (κ3) is 4.82. The quantitative estimate of drug-likeness (QED) is 0.602. The normalized spacial score (nSPS) is 11.9. The zero-order chi connectivity index (χ0) is 11.5. The third-order valence-electron chi connectivity index (χ3n) is 1.15. The van der Waals surface area contributed by atoms with E-state index in [2.05, 4.69) is 9.72 Å². The first-order valence-corrected chi connectivity index (χ1v) is 4.34. The molecule has 0 unspecified atom stereocenters. The van der Waals surface area contributed by atoms with Gasteiger partial charge in [-0.1, -0.05) is 0 Å². The molecule has 0 fully saturated rings. The SMILES string of the molecule is FC(F)Oc1cncc(SC(F)(F)F)c1. The van der Waals surface area contributed by atoms with E-state index in [-0.39, 0.29) is 4.90 Å². The van der Waals surface area contributed by atoms with Gasteiger partial charge >= 0.3 is 12.1 Å². The number of hydrogen-bond donors (Lipinski definition) is 0. The highest BCUT2D eigenvalue weighted by Crippen LogP contribution is 2.37. The fourth-order valence-electron chi connectivity index (χ4n) is 0.756. The van der Waals surface area contributed by atoms with E-state index in [0.29, 0.717) is 0 Å². The van der Waals surface area contributed by atoms with Crippen LogP contribution in [0.15, 0.2) is 23.4 Å². The summed E-state index contributed by atoms with van der Waals surface area (Å²) < 4.78 is 63.0. The summed E-state index contributed by atoms with van der Waals surface area (Å²) in [5.41, 5.74) is -4.48. The zero-order valence-electron chi connectivity index (χ0n) is 6.96. The van der Waals surface area contributed by atoms with Crippen LogP contribution < -0.4 is 4.74 Å². The van der Waals surface area contributed by atoms with E-state index in [1.807, 2.05) is 0 Å². The first-order valence-electron chi connectivity index (χ1n) is 3.52.